The zero-order valence-corrected chi connectivity index (χ0v) is 9.19. The fourth-order valence-corrected chi connectivity index (χ4v) is 2.04. The Labute approximate surface area is 94.7 Å². The lowest BCUT2D eigenvalue weighted by Gasteiger charge is -2.31. The number of piperidine rings is 1. The van der Waals surface area contributed by atoms with Gasteiger partial charge in [0.15, 0.2) is 0 Å². The quantitative estimate of drug-likeness (QED) is 0.794. The summed E-state index contributed by atoms with van der Waals surface area (Å²) in [6.45, 7) is 1.77. The molecule has 0 atom stereocenters. The molecule has 0 aromatic heterocycles. The molecule has 0 amide bonds. The minimum atomic E-state index is -0.234. The largest absolute Gasteiger partial charge is 0.393 e. The number of halogens is 1. The first-order valence-electron chi connectivity index (χ1n) is 5.62. The van der Waals surface area contributed by atoms with Crippen molar-refractivity contribution in [1.29, 1.82) is 0 Å². The van der Waals surface area contributed by atoms with Crippen molar-refractivity contribution in [2.24, 2.45) is 5.73 Å². The predicted molar refractivity (Wildman–Crippen MR) is 61.7 cm³/mol. The van der Waals surface area contributed by atoms with Crippen molar-refractivity contribution in [1.82, 2.24) is 0 Å². The van der Waals surface area contributed by atoms with E-state index in [0.29, 0.717) is 38.2 Å². The summed E-state index contributed by atoms with van der Waals surface area (Å²) in [6.07, 6.45) is 1.18. The van der Waals surface area contributed by atoms with E-state index in [1.165, 1.54) is 6.07 Å². The summed E-state index contributed by atoms with van der Waals surface area (Å²) in [5.74, 6) is -0.223. The van der Waals surface area contributed by atoms with E-state index in [4.69, 9.17) is 5.73 Å². The second-order valence-corrected chi connectivity index (χ2v) is 4.21. The molecule has 0 saturated carbocycles. The monoisotopic (exact) mass is 224 g/mol. The highest BCUT2D eigenvalue weighted by molar-refractivity contribution is 5.49. The van der Waals surface area contributed by atoms with Crippen LogP contribution in [-0.4, -0.2) is 24.3 Å². The normalized spacial score (nSPS) is 17.8. The van der Waals surface area contributed by atoms with Crippen LogP contribution in [0.25, 0.3) is 0 Å². The SMILES string of the molecule is NCc1ccc(N2CCC(O)CC2)c(F)c1. The van der Waals surface area contributed by atoms with E-state index >= 15 is 0 Å². The van der Waals surface area contributed by atoms with E-state index in [1.54, 1.807) is 6.07 Å². The van der Waals surface area contributed by atoms with Crippen molar-refractivity contribution in [2.45, 2.75) is 25.5 Å². The molecule has 1 aliphatic heterocycles. The van der Waals surface area contributed by atoms with Crippen LogP contribution in [0.5, 0.6) is 0 Å². The average Bonchev–Trinajstić information content (AvgIpc) is 2.30. The summed E-state index contributed by atoms with van der Waals surface area (Å²) in [5.41, 5.74) is 6.87. The summed E-state index contributed by atoms with van der Waals surface area (Å²) in [4.78, 5) is 1.97. The van der Waals surface area contributed by atoms with Crippen LogP contribution >= 0.6 is 0 Å². The summed E-state index contributed by atoms with van der Waals surface area (Å²) in [6, 6.07) is 5.11. The molecule has 4 heteroatoms. The summed E-state index contributed by atoms with van der Waals surface area (Å²) in [7, 11) is 0. The molecule has 3 N–H and O–H groups in total. The van der Waals surface area contributed by atoms with Gasteiger partial charge in [0.25, 0.3) is 0 Å². The zero-order chi connectivity index (χ0) is 11.5. The smallest absolute Gasteiger partial charge is 0.146 e. The van der Waals surface area contributed by atoms with Gasteiger partial charge in [-0.05, 0) is 30.5 Å². The van der Waals surface area contributed by atoms with Gasteiger partial charge in [0, 0.05) is 19.6 Å². The van der Waals surface area contributed by atoms with E-state index in [9.17, 15) is 9.50 Å². The Morgan fingerprint density at radius 1 is 1.38 bits per heavy atom. The highest BCUT2D eigenvalue weighted by Crippen LogP contribution is 2.24. The molecular formula is C12H17FN2O. The molecule has 1 saturated heterocycles. The molecule has 1 fully saturated rings. The summed E-state index contributed by atoms with van der Waals surface area (Å²) >= 11 is 0. The van der Waals surface area contributed by atoms with E-state index < -0.39 is 0 Å². The molecule has 88 valence electrons. The van der Waals surface area contributed by atoms with E-state index in [0.717, 1.165) is 5.56 Å². The highest BCUT2D eigenvalue weighted by atomic mass is 19.1. The van der Waals surface area contributed by atoms with Gasteiger partial charge in [-0.15, -0.1) is 0 Å². The number of nitrogens with two attached hydrogens (primary N) is 1. The molecule has 0 bridgehead atoms. The molecule has 2 rings (SSSR count). The molecule has 1 aromatic carbocycles. The topological polar surface area (TPSA) is 49.5 Å². The fourth-order valence-electron chi connectivity index (χ4n) is 2.04. The molecule has 0 spiro atoms. The maximum atomic E-state index is 13.8. The second-order valence-electron chi connectivity index (χ2n) is 4.21. The van der Waals surface area contributed by atoms with Crippen molar-refractivity contribution in [3.05, 3.63) is 29.6 Å². The third-order valence-corrected chi connectivity index (χ3v) is 3.05. The van der Waals surface area contributed by atoms with Crippen molar-refractivity contribution in [3.63, 3.8) is 0 Å². The van der Waals surface area contributed by atoms with Crippen LogP contribution in [0, 0.1) is 5.82 Å². The molecule has 0 radical (unpaired) electrons. The molecule has 1 aromatic rings. The number of aliphatic hydroxyl groups excluding tert-OH is 1. The van der Waals surface area contributed by atoms with Gasteiger partial charge in [-0.1, -0.05) is 6.07 Å². The first-order valence-corrected chi connectivity index (χ1v) is 5.62. The molecule has 0 unspecified atom stereocenters. The van der Waals surface area contributed by atoms with Crippen molar-refractivity contribution in [3.8, 4) is 0 Å². The number of hydrogen-bond donors (Lipinski definition) is 2. The fraction of sp³-hybridized carbons (Fsp3) is 0.500. The van der Waals surface area contributed by atoms with E-state index in [2.05, 4.69) is 0 Å². The van der Waals surface area contributed by atoms with Gasteiger partial charge in [0.1, 0.15) is 5.82 Å². The third kappa shape index (κ3) is 2.33. The Morgan fingerprint density at radius 3 is 2.62 bits per heavy atom. The van der Waals surface area contributed by atoms with Gasteiger partial charge in [-0.2, -0.15) is 0 Å². The minimum absolute atomic E-state index is 0.223. The summed E-state index contributed by atoms with van der Waals surface area (Å²) < 4.78 is 13.8. The van der Waals surface area contributed by atoms with Crippen molar-refractivity contribution >= 4 is 5.69 Å². The third-order valence-electron chi connectivity index (χ3n) is 3.05. The van der Waals surface area contributed by atoms with E-state index in [1.807, 2.05) is 11.0 Å². The number of benzene rings is 1. The maximum Gasteiger partial charge on any atom is 0.146 e. The number of nitrogens with zero attached hydrogens (tertiary/aromatic N) is 1. The second kappa shape index (κ2) is 4.80. The lowest BCUT2D eigenvalue weighted by Crippen LogP contribution is -2.36. The molecule has 1 aliphatic rings. The van der Waals surface area contributed by atoms with Crippen LogP contribution in [-0.2, 0) is 6.54 Å². The molecule has 1 heterocycles. The minimum Gasteiger partial charge on any atom is -0.393 e. The van der Waals surface area contributed by atoms with Gasteiger partial charge < -0.3 is 15.7 Å². The predicted octanol–water partition coefficient (Wildman–Crippen LogP) is 1.25. The molecule has 3 nitrogen and oxygen atoms in total. The summed E-state index contributed by atoms with van der Waals surface area (Å²) in [5, 5.41) is 9.39. The molecule has 0 aliphatic carbocycles. The van der Waals surface area contributed by atoms with Crippen LogP contribution in [0.4, 0.5) is 10.1 Å². The van der Waals surface area contributed by atoms with E-state index in [-0.39, 0.29) is 11.9 Å². The first kappa shape index (κ1) is 11.4. The zero-order valence-electron chi connectivity index (χ0n) is 9.19. The van der Waals surface area contributed by atoms with Crippen molar-refractivity contribution < 1.29 is 9.50 Å². The first-order chi connectivity index (χ1) is 7.70. The Morgan fingerprint density at radius 2 is 2.06 bits per heavy atom. The van der Waals surface area contributed by atoms with Crippen LogP contribution in [0.15, 0.2) is 18.2 Å². The number of anilines is 1. The Balaban J connectivity index is 2.14. The van der Waals surface area contributed by atoms with Gasteiger partial charge in [-0.3, -0.25) is 0 Å². The lowest BCUT2D eigenvalue weighted by molar-refractivity contribution is 0.145. The average molecular weight is 224 g/mol. The van der Waals surface area contributed by atoms with Gasteiger partial charge in [-0.25, -0.2) is 4.39 Å². The van der Waals surface area contributed by atoms with Crippen molar-refractivity contribution in [2.75, 3.05) is 18.0 Å². The Kier molecular flexibility index (Phi) is 3.41. The lowest BCUT2D eigenvalue weighted by atomic mass is 10.1. The van der Waals surface area contributed by atoms with Crippen LogP contribution in [0.3, 0.4) is 0 Å². The molecule has 16 heavy (non-hydrogen) atoms. The number of aliphatic hydroxyl groups is 1. The van der Waals surface area contributed by atoms with Crippen LogP contribution < -0.4 is 10.6 Å². The molecular weight excluding hydrogens is 207 g/mol. The highest BCUT2D eigenvalue weighted by Gasteiger charge is 2.19. The number of rotatable bonds is 2. The van der Waals surface area contributed by atoms with Crippen LogP contribution in [0.1, 0.15) is 18.4 Å². The van der Waals surface area contributed by atoms with Gasteiger partial charge >= 0.3 is 0 Å². The van der Waals surface area contributed by atoms with Gasteiger partial charge in [0.2, 0.25) is 0 Å². The maximum absolute atomic E-state index is 13.8. The van der Waals surface area contributed by atoms with Crippen LogP contribution in [0.2, 0.25) is 0 Å². The Hall–Kier alpha value is -1.13. The number of hydrogen-bond acceptors (Lipinski definition) is 3. The Bertz CT molecular complexity index is 362. The standard InChI is InChI=1S/C12H17FN2O/c13-11-7-9(8-14)1-2-12(11)15-5-3-10(16)4-6-15/h1-2,7,10,16H,3-6,8,14H2. The van der Waals surface area contributed by atoms with Gasteiger partial charge in [0.05, 0.1) is 11.8 Å².